The van der Waals surface area contributed by atoms with E-state index in [1.54, 1.807) is 27.8 Å². The number of likely N-dealkylation sites (tertiary alicyclic amines) is 1. The van der Waals surface area contributed by atoms with E-state index in [1.165, 1.54) is 23.3 Å². The molecule has 0 saturated carbocycles. The summed E-state index contributed by atoms with van der Waals surface area (Å²) in [5.74, 6) is 0.614. The zero-order valence-corrected chi connectivity index (χ0v) is 18.0. The number of benzene rings is 1. The van der Waals surface area contributed by atoms with Gasteiger partial charge < -0.3 is 15.0 Å². The van der Waals surface area contributed by atoms with E-state index in [0.29, 0.717) is 6.54 Å². The summed E-state index contributed by atoms with van der Waals surface area (Å²) < 4.78 is 5.28. The van der Waals surface area contributed by atoms with Gasteiger partial charge in [0, 0.05) is 20.1 Å². The molecule has 2 amide bonds. The van der Waals surface area contributed by atoms with Crippen LogP contribution in [0.5, 0.6) is 0 Å². The molecule has 0 unspecified atom stereocenters. The molecule has 1 heterocycles. The average Bonchev–Trinajstić information content (AvgIpc) is 2.61. The van der Waals surface area contributed by atoms with E-state index in [9.17, 15) is 9.59 Å². The molecule has 1 aromatic carbocycles. The predicted molar refractivity (Wildman–Crippen MR) is 111 cm³/mol. The Hall–Kier alpha value is -2.08. The Balaban J connectivity index is 1.85. The lowest BCUT2D eigenvalue weighted by molar-refractivity contribution is -0.122. The first-order valence-electron chi connectivity index (χ1n) is 10.1. The molecule has 1 aromatic rings. The molecule has 1 N–H and O–H groups in total. The third-order valence-electron chi connectivity index (χ3n) is 4.95. The van der Waals surface area contributed by atoms with E-state index < -0.39 is 11.7 Å². The van der Waals surface area contributed by atoms with Crippen LogP contribution in [-0.4, -0.2) is 54.1 Å². The van der Waals surface area contributed by atoms with Gasteiger partial charge in [-0.3, -0.25) is 9.69 Å². The van der Waals surface area contributed by atoms with Crippen LogP contribution in [0.3, 0.4) is 0 Å². The summed E-state index contributed by atoms with van der Waals surface area (Å²) >= 11 is 0. The summed E-state index contributed by atoms with van der Waals surface area (Å²) in [7, 11) is 1.57. The van der Waals surface area contributed by atoms with E-state index in [-0.39, 0.29) is 12.5 Å². The number of likely N-dealkylation sites (N-methyl/N-ethyl adjacent to an activating group) is 1. The molecular weight excluding hydrogens is 354 g/mol. The third kappa shape index (κ3) is 7.50. The van der Waals surface area contributed by atoms with Crippen LogP contribution in [0.25, 0.3) is 0 Å². The van der Waals surface area contributed by atoms with Crippen LogP contribution in [-0.2, 0) is 22.6 Å². The molecule has 1 aliphatic heterocycles. The van der Waals surface area contributed by atoms with E-state index in [2.05, 4.69) is 29.3 Å². The highest BCUT2D eigenvalue weighted by molar-refractivity contribution is 5.82. The highest BCUT2D eigenvalue weighted by Crippen LogP contribution is 2.19. The smallest absolute Gasteiger partial charge is 0.410 e. The number of piperidine rings is 1. The van der Waals surface area contributed by atoms with Gasteiger partial charge in [0.25, 0.3) is 0 Å². The van der Waals surface area contributed by atoms with Crippen molar-refractivity contribution in [3.63, 3.8) is 0 Å². The lowest BCUT2D eigenvalue weighted by Gasteiger charge is -2.30. The van der Waals surface area contributed by atoms with Crippen LogP contribution in [0, 0.1) is 5.92 Å². The first-order valence-corrected chi connectivity index (χ1v) is 10.1. The Morgan fingerprint density at radius 3 is 2.39 bits per heavy atom. The molecule has 2 rings (SSSR count). The molecule has 0 aromatic heterocycles. The summed E-state index contributed by atoms with van der Waals surface area (Å²) in [5, 5.41) is 2.93. The van der Waals surface area contributed by atoms with Crippen molar-refractivity contribution in [1.29, 1.82) is 0 Å². The zero-order valence-electron chi connectivity index (χ0n) is 18.0. The van der Waals surface area contributed by atoms with Crippen molar-refractivity contribution in [1.82, 2.24) is 15.1 Å². The second kappa shape index (κ2) is 9.92. The van der Waals surface area contributed by atoms with E-state index >= 15 is 0 Å². The minimum Gasteiger partial charge on any atom is -0.444 e. The lowest BCUT2D eigenvalue weighted by Crippen LogP contribution is -2.41. The van der Waals surface area contributed by atoms with Crippen LogP contribution >= 0.6 is 0 Å². The van der Waals surface area contributed by atoms with Crippen LogP contribution in [0.1, 0.15) is 51.7 Å². The maximum Gasteiger partial charge on any atom is 0.410 e. The molecule has 0 aliphatic carbocycles. The molecule has 6 nitrogen and oxygen atoms in total. The fraction of sp³-hybridized carbons (Fsp3) is 0.636. The normalized spacial score (nSPS) is 15.9. The number of nitrogens with one attached hydrogen (secondary N) is 1. The number of amides is 2. The van der Waals surface area contributed by atoms with E-state index in [0.717, 1.165) is 31.1 Å². The highest BCUT2D eigenvalue weighted by Gasteiger charge is 2.21. The van der Waals surface area contributed by atoms with E-state index in [4.69, 9.17) is 4.74 Å². The van der Waals surface area contributed by atoms with Crippen molar-refractivity contribution >= 4 is 12.0 Å². The maximum absolute atomic E-state index is 12.3. The van der Waals surface area contributed by atoms with Crippen LogP contribution in [0.15, 0.2) is 24.3 Å². The quantitative estimate of drug-likeness (QED) is 0.810. The van der Waals surface area contributed by atoms with Crippen molar-refractivity contribution < 1.29 is 14.3 Å². The van der Waals surface area contributed by atoms with Crippen molar-refractivity contribution in [3.8, 4) is 0 Å². The number of ether oxygens (including phenoxy) is 1. The first-order chi connectivity index (χ1) is 13.1. The van der Waals surface area contributed by atoms with Crippen molar-refractivity contribution in [3.05, 3.63) is 35.4 Å². The van der Waals surface area contributed by atoms with Crippen LogP contribution in [0.4, 0.5) is 4.79 Å². The summed E-state index contributed by atoms with van der Waals surface area (Å²) in [6.45, 7) is 11.3. The molecule has 0 bridgehead atoms. The maximum atomic E-state index is 12.3. The van der Waals surface area contributed by atoms with Gasteiger partial charge in [-0.2, -0.15) is 0 Å². The standard InChI is InChI=1S/C22H35N3O3/c1-17-10-12-25(13-11-17)15-19-9-7-6-8-18(19)14-23-20(26)16-24(5)21(27)28-22(2,3)4/h6-9,17H,10-16H2,1-5H3,(H,23,26). The highest BCUT2D eigenvalue weighted by atomic mass is 16.6. The fourth-order valence-corrected chi connectivity index (χ4v) is 3.21. The lowest BCUT2D eigenvalue weighted by atomic mass is 9.98. The van der Waals surface area contributed by atoms with Crippen molar-refractivity contribution in [2.75, 3.05) is 26.7 Å². The van der Waals surface area contributed by atoms with Gasteiger partial charge in [-0.05, 0) is 63.7 Å². The number of rotatable bonds is 6. The van der Waals surface area contributed by atoms with Crippen molar-refractivity contribution in [2.45, 2.75) is 59.2 Å². The molecule has 1 saturated heterocycles. The van der Waals surface area contributed by atoms with Gasteiger partial charge in [0.1, 0.15) is 12.1 Å². The molecule has 1 fully saturated rings. The molecule has 156 valence electrons. The SMILES string of the molecule is CC1CCN(Cc2ccccc2CNC(=O)CN(C)C(=O)OC(C)(C)C)CC1. The molecule has 28 heavy (non-hydrogen) atoms. The largest absolute Gasteiger partial charge is 0.444 e. The summed E-state index contributed by atoms with van der Waals surface area (Å²) in [5.41, 5.74) is 1.79. The predicted octanol–water partition coefficient (Wildman–Crippen LogP) is 3.40. The Morgan fingerprint density at radius 1 is 1.18 bits per heavy atom. The van der Waals surface area contributed by atoms with Crippen LogP contribution in [0.2, 0.25) is 0 Å². The van der Waals surface area contributed by atoms with Crippen molar-refractivity contribution in [2.24, 2.45) is 5.92 Å². The fourth-order valence-electron chi connectivity index (χ4n) is 3.21. The average molecular weight is 390 g/mol. The minimum atomic E-state index is -0.576. The third-order valence-corrected chi connectivity index (χ3v) is 4.95. The molecule has 0 atom stereocenters. The Bertz CT molecular complexity index is 661. The molecule has 0 spiro atoms. The van der Waals surface area contributed by atoms with Gasteiger partial charge >= 0.3 is 6.09 Å². The first kappa shape index (κ1) is 22.2. The second-order valence-electron chi connectivity index (χ2n) is 8.84. The van der Waals surface area contributed by atoms with Gasteiger partial charge in [0.05, 0.1) is 0 Å². The Labute approximate surface area is 169 Å². The van der Waals surface area contributed by atoms with E-state index in [1.807, 2.05) is 12.1 Å². The number of hydrogen-bond donors (Lipinski definition) is 1. The van der Waals surface area contributed by atoms with Gasteiger partial charge in [-0.15, -0.1) is 0 Å². The number of nitrogens with zero attached hydrogens (tertiary/aromatic N) is 2. The van der Waals surface area contributed by atoms with Gasteiger partial charge in [-0.1, -0.05) is 31.2 Å². The van der Waals surface area contributed by atoms with Gasteiger partial charge in [-0.25, -0.2) is 4.79 Å². The summed E-state index contributed by atoms with van der Waals surface area (Å²) in [6.07, 6.45) is 1.99. The Morgan fingerprint density at radius 2 is 1.79 bits per heavy atom. The molecular formula is C22H35N3O3. The van der Waals surface area contributed by atoms with Gasteiger partial charge in [0.2, 0.25) is 5.91 Å². The second-order valence-corrected chi connectivity index (χ2v) is 8.84. The summed E-state index contributed by atoms with van der Waals surface area (Å²) in [4.78, 5) is 28.0. The Kier molecular flexibility index (Phi) is 7.87. The summed E-state index contributed by atoms with van der Waals surface area (Å²) in [6, 6.07) is 8.23. The number of carbonyl (C=O) groups excluding carboxylic acids is 2. The number of hydrogen-bond acceptors (Lipinski definition) is 4. The molecule has 0 radical (unpaired) electrons. The topological polar surface area (TPSA) is 61.9 Å². The number of carbonyl (C=O) groups is 2. The van der Waals surface area contributed by atoms with Gasteiger partial charge in [0.15, 0.2) is 0 Å². The zero-order chi connectivity index (χ0) is 20.7. The van der Waals surface area contributed by atoms with Crippen LogP contribution < -0.4 is 5.32 Å². The minimum absolute atomic E-state index is 0.0267. The molecule has 1 aliphatic rings. The molecule has 6 heteroatoms. The monoisotopic (exact) mass is 389 g/mol.